The number of rotatable bonds is 5. The molecule has 0 aromatic carbocycles. The van der Waals surface area contributed by atoms with Crippen LogP contribution in [0.15, 0.2) is 14.3 Å². The summed E-state index contributed by atoms with van der Waals surface area (Å²) < 4.78 is 6.69. The summed E-state index contributed by atoms with van der Waals surface area (Å²) in [6, 6.07) is 2.05. The lowest BCUT2D eigenvalue weighted by Crippen LogP contribution is -2.23. The fourth-order valence-electron chi connectivity index (χ4n) is 1.26. The molecule has 0 spiro atoms. The van der Waals surface area contributed by atoms with Gasteiger partial charge in [-0.15, -0.1) is 11.3 Å². The molecule has 0 saturated carbocycles. The molecule has 0 aliphatic rings. The van der Waals surface area contributed by atoms with Gasteiger partial charge in [0.25, 0.3) is 0 Å². The zero-order valence-electron chi connectivity index (χ0n) is 8.83. The number of nitrogens with two attached hydrogens (primary N) is 1. The van der Waals surface area contributed by atoms with Crippen LogP contribution in [0.25, 0.3) is 0 Å². The summed E-state index contributed by atoms with van der Waals surface area (Å²) in [6.07, 6.45) is 1.82. The third kappa shape index (κ3) is 4.53. The molecule has 1 aromatic heterocycles. The molecule has 90 valence electrons. The van der Waals surface area contributed by atoms with Gasteiger partial charge in [-0.25, -0.2) is 0 Å². The van der Waals surface area contributed by atoms with E-state index < -0.39 is 0 Å². The number of methoxy groups -OCH3 is 1. The highest BCUT2D eigenvalue weighted by molar-refractivity contribution is 9.13. The van der Waals surface area contributed by atoms with E-state index in [1.807, 2.05) is 6.07 Å². The lowest BCUT2D eigenvalue weighted by molar-refractivity contribution is -0.140. The van der Waals surface area contributed by atoms with E-state index in [1.165, 1.54) is 12.0 Å². The van der Waals surface area contributed by atoms with Gasteiger partial charge in [0.05, 0.1) is 10.9 Å². The van der Waals surface area contributed by atoms with Crippen molar-refractivity contribution in [1.29, 1.82) is 0 Å². The lowest BCUT2D eigenvalue weighted by Gasteiger charge is -2.08. The summed E-state index contributed by atoms with van der Waals surface area (Å²) in [7, 11) is 1.39. The molecule has 0 amide bonds. The number of thiophene rings is 1. The van der Waals surface area contributed by atoms with Crippen LogP contribution in [0.2, 0.25) is 0 Å². The zero-order chi connectivity index (χ0) is 12.1. The van der Waals surface area contributed by atoms with Crippen molar-refractivity contribution in [2.24, 2.45) is 5.73 Å². The van der Waals surface area contributed by atoms with Crippen molar-refractivity contribution < 1.29 is 9.53 Å². The Kier molecular flexibility index (Phi) is 5.96. The van der Waals surface area contributed by atoms with Crippen molar-refractivity contribution in [3.63, 3.8) is 0 Å². The van der Waals surface area contributed by atoms with Crippen molar-refractivity contribution in [2.75, 3.05) is 7.11 Å². The summed E-state index contributed by atoms with van der Waals surface area (Å²) in [5.74, 6) is -0.205. The first kappa shape index (κ1) is 14.2. The fraction of sp³-hybridized carbons (Fsp3) is 0.500. The van der Waals surface area contributed by atoms with E-state index in [0.717, 1.165) is 14.7 Å². The number of halogens is 2. The summed E-state index contributed by atoms with van der Waals surface area (Å²) in [5, 5.41) is 0. The first-order valence-electron chi connectivity index (χ1n) is 4.79. The van der Waals surface area contributed by atoms with Crippen LogP contribution in [0.3, 0.4) is 0 Å². The highest BCUT2D eigenvalue weighted by atomic mass is 79.9. The monoisotopic (exact) mass is 369 g/mol. The molecular weight excluding hydrogens is 358 g/mol. The predicted octanol–water partition coefficient (Wildman–Crippen LogP) is 3.10. The first-order valence-corrected chi connectivity index (χ1v) is 7.19. The van der Waals surface area contributed by atoms with E-state index in [1.54, 1.807) is 11.3 Å². The Morgan fingerprint density at radius 3 is 2.81 bits per heavy atom. The van der Waals surface area contributed by atoms with Crippen LogP contribution in [0.4, 0.5) is 0 Å². The van der Waals surface area contributed by atoms with E-state index in [4.69, 9.17) is 5.73 Å². The quantitative estimate of drug-likeness (QED) is 0.810. The average molecular weight is 371 g/mol. The Morgan fingerprint density at radius 1 is 1.62 bits per heavy atom. The molecule has 3 nitrogen and oxygen atoms in total. The molecule has 0 saturated heterocycles. The second kappa shape index (κ2) is 6.74. The molecule has 1 heterocycles. The van der Waals surface area contributed by atoms with E-state index in [9.17, 15) is 4.79 Å². The van der Waals surface area contributed by atoms with Crippen LogP contribution in [0, 0.1) is 0 Å². The molecule has 1 atom stereocenters. The molecule has 2 N–H and O–H groups in total. The fourth-order valence-corrected chi connectivity index (χ4v) is 3.53. The molecule has 0 aliphatic carbocycles. The second-order valence-corrected chi connectivity index (χ2v) is 6.72. The predicted molar refractivity (Wildman–Crippen MR) is 72.6 cm³/mol. The van der Waals surface area contributed by atoms with E-state index >= 15 is 0 Å². The van der Waals surface area contributed by atoms with Crippen LogP contribution in [0.1, 0.15) is 17.7 Å². The molecular formula is C10H13Br2NO2S. The first-order chi connectivity index (χ1) is 7.52. The SMILES string of the molecule is COC(=O)CCC(N)Cc1cc(Br)c(Br)s1. The van der Waals surface area contributed by atoms with Crippen LogP contribution >= 0.6 is 43.2 Å². The number of carbonyl (C=O) groups is 1. The normalized spacial score (nSPS) is 12.5. The number of esters is 1. The molecule has 6 heteroatoms. The second-order valence-electron chi connectivity index (χ2n) is 3.41. The number of hydrogen-bond donors (Lipinski definition) is 1. The largest absolute Gasteiger partial charge is 0.469 e. The molecule has 1 aromatic rings. The number of hydrogen-bond acceptors (Lipinski definition) is 4. The zero-order valence-corrected chi connectivity index (χ0v) is 12.8. The topological polar surface area (TPSA) is 52.3 Å². The van der Waals surface area contributed by atoms with Crippen molar-refractivity contribution in [2.45, 2.75) is 25.3 Å². The van der Waals surface area contributed by atoms with Crippen molar-refractivity contribution in [1.82, 2.24) is 0 Å². The van der Waals surface area contributed by atoms with Crippen LogP contribution in [-0.2, 0) is 16.0 Å². The summed E-state index contributed by atoms with van der Waals surface area (Å²) >= 11 is 8.52. The Hall–Kier alpha value is 0.0900. The maximum absolute atomic E-state index is 10.9. The highest BCUT2D eigenvalue weighted by Gasteiger charge is 2.11. The van der Waals surface area contributed by atoms with Crippen LogP contribution in [-0.4, -0.2) is 19.1 Å². The third-order valence-electron chi connectivity index (χ3n) is 2.11. The van der Waals surface area contributed by atoms with Crippen LogP contribution < -0.4 is 5.73 Å². The smallest absolute Gasteiger partial charge is 0.305 e. The lowest BCUT2D eigenvalue weighted by atomic mass is 10.1. The maximum Gasteiger partial charge on any atom is 0.305 e. The van der Waals surface area contributed by atoms with Gasteiger partial charge in [-0.3, -0.25) is 4.79 Å². The Labute approximate surface area is 116 Å². The van der Waals surface area contributed by atoms with E-state index in [-0.39, 0.29) is 12.0 Å². The number of ether oxygens (including phenoxy) is 1. The van der Waals surface area contributed by atoms with Gasteiger partial charge in [0.2, 0.25) is 0 Å². The van der Waals surface area contributed by atoms with Crippen molar-refractivity contribution in [3.05, 3.63) is 19.2 Å². The molecule has 1 rings (SSSR count). The molecule has 1 unspecified atom stereocenters. The van der Waals surface area contributed by atoms with Gasteiger partial charge in [0, 0.05) is 21.8 Å². The van der Waals surface area contributed by atoms with Gasteiger partial charge in [-0.2, -0.15) is 0 Å². The van der Waals surface area contributed by atoms with Crippen LogP contribution in [0.5, 0.6) is 0 Å². The van der Waals surface area contributed by atoms with Crippen molar-refractivity contribution in [3.8, 4) is 0 Å². The maximum atomic E-state index is 10.9. The highest BCUT2D eigenvalue weighted by Crippen LogP contribution is 2.33. The van der Waals surface area contributed by atoms with Gasteiger partial charge in [0.15, 0.2) is 0 Å². The Bertz CT molecular complexity index is 348. The Morgan fingerprint density at radius 2 is 2.31 bits per heavy atom. The van der Waals surface area contributed by atoms with Gasteiger partial charge in [-0.05, 0) is 50.8 Å². The van der Waals surface area contributed by atoms with E-state index in [2.05, 4.69) is 36.6 Å². The third-order valence-corrected chi connectivity index (χ3v) is 5.39. The standard InChI is InChI=1S/C10H13Br2NO2S/c1-15-9(14)3-2-6(13)4-7-5-8(11)10(12)16-7/h5-6H,2-4,13H2,1H3. The minimum atomic E-state index is -0.205. The molecule has 0 aliphatic heterocycles. The molecule has 16 heavy (non-hydrogen) atoms. The van der Waals surface area contributed by atoms with Gasteiger partial charge >= 0.3 is 5.97 Å². The molecule has 0 fully saturated rings. The van der Waals surface area contributed by atoms with Gasteiger partial charge in [-0.1, -0.05) is 0 Å². The van der Waals surface area contributed by atoms with Crippen molar-refractivity contribution >= 4 is 49.2 Å². The summed E-state index contributed by atoms with van der Waals surface area (Å²) in [4.78, 5) is 12.1. The minimum Gasteiger partial charge on any atom is -0.469 e. The van der Waals surface area contributed by atoms with Gasteiger partial charge < -0.3 is 10.5 Å². The van der Waals surface area contributed by atoms with Gasteiger partial charge in [0.1, 0.15) is 0 Å². The molecule has 0 radical (unpaired) electrons. The Balaban J connectivity index is 2.39. The molecule has 0 bridgehead atoms. The minimum absolute atomic E-state index is 0.00319. The van der Waals surface area contributed by atoms with E-state index in [0.29, 0.717) is 12.8 Å². The summed E-state index contributed by atoms with van der Waals surface area (Å²) in [6.45, 7) is 0. The average Bonchev–Trinajstić information content (AvgIpc) is 2.54. The number of carbonyl (C=O) groups excluding carboxylic acids is 1. The summed E-state index contributed by atoms with van der Waals surface area (Å²) in [5.41, 5.74) is 5.94.